The van der Waals surface area contributed by atoms with Gasteiger partial charge >= 0.3 is 0 Å². The molecule has 1 fully saturated rings. The van der Waals surface area contributed by atoms with E-state index in [2.05, 4.69) is 45.9 Å². The number of ether oxygens (including phenoxy) is 2. The van der Waals surface area contributed by atoms with E-state index < -0.39 is 0 Å². The SMILES string of the molecule is CCOc1ccc(C(C)NC(=O)C2NNC(C(C)C)C2Br)cc1OCC. The van der Waals surface area contributed by atoms with Gasteiger partial charge in [0.1, 0.15) is 6.04 Å². The largest absolute Gasteiger partial charge is 0.490 e. The fourth-order valence-corrected chi connectivity index (χ4v) is 4.14. The van der Waals surface area contributed by atoms with Crippen LogP contribution in [0.4, 0.5) is 0 Å². The van der Waals surface area contributed by atoms with E-state index in [-0.39, 0.29) is 28.9 Å². The minimum atomic E-state index is -0.320. The van der Waals surface area contributed by atoms with Crippen LogP contribution < -0.4 is 25.6 Å². The van der Waals surface area contributed by atoms with Crippen LogP contribution in [0.5, 0.6) is 11.5 Å². The monoisotopic (exact) mass is 427 g/mol. The summed E-state index contributed by atoms with van der Waals surface area (Å²) >= 11 is 3.66. The highest BCUT2D eigenvalue weighted by Gasteiger charge is 2.40. The summed E-state index contributed by atoms with van der Waals surface area (Å²) in [5.41, 5.74) is 7.28. The molecule has 0 radical (unpaired) electrons. The Morgan fingerprint density at radius 2 is 1.81 bits per heavy atom. The van der Waals surface area contributed by atoms with Gasteiger partial charge in [0, 0.05) is 6.04 Å². The summed E-state index contributed by atoms with van der Waals surface area (Å²) in [6, 6.07) is 5.53. The molecule has 146 valence electrons. The number of hydrazine groups is 1. The number of rotatable bonds is 8. The molecular formula is C19H30BrN3O3. The number of carbonyl (C=O) groups is 1. The molecule has 0 saturated carbocycles. The first-order chi connectivity index (χ1) is 12.4. The lowest BCUT2D eigenvalue weighted by molar-refractivity contribution is -0.123. The van der Waals surface area contributed by atoms with E-state index in [1.807, 2.05) is 39.0 Å². The lowest BCUT2D eigenvalue weighted by Gasteiger charge is -2.22. The van der Waals surface area contributed by atoms with E-state index in [1.165, 1.54) is 0 Å². The van der Waals surface area contributed by atoms with E-state index in [4.69, 9.17) is 9.47 Å². The smallest absolute Gasteiger partial charge is 0.240 e. The Balaban J connectivity index is 2.06. The quantitative estimate of drug-likeness (QED) is 0.556. The van der Waals surface area contributed by atoms with Gasteiger partial charge in [0.25, 0.3) is 0 Å². The van der Waals surface area contributed by atoms with Crippen LogP contribution in [0, 0.1) is 5.92 Å². The zero-order chi connectivity index (χ0) is 19.3. The average Bonchev–Trinajstić information content (AvgIpc) is 2.98. The molecule has 6 nitrogen and oxygen atoms in total. The number of carbonyl (C=O) groups excluding carboxylic acids is 1. The number of nitrogens with one attached hydrogen (secondary N) is 3. The molecular weight excluding hydrogens is 398 g/mol. The maximum absolute atomic E-state index is 12.7. The van der Waals surface area contributed by atoms with Crippen molar-refractivity contribution in [2.45, 2.75) is 57.6 Å². The van der Waals surface area contributed by atoms with E-state index >= 15 is 0 Å². The van der Waals surface area contributed by atoms with Crippen LogP contribution >= 0.6 is 15.9 Å². The van der Waals surface area contributed by atoms with Gasteiger partial charge in [-0.1, -0.05) is 35.8 Å². The Morgan fingerprint density at radius 1 is 1.15 bits per heavy atom. The number of amides is 1. The topological polar surface area (TPSA) is 71.6 Å². The van der Waals surface area contributed by atoms with Crippen molar-refractivity contribution in [3.8, 4) is 11.5 Å². The zero-order valence-corrected chi connectivity index (χ0v) is 17.7. The molecule has 26 heavy (non-hydrogen) atoms. The fraction of sp³-hybridized carbons (Fsp3) is 0.632. The zero-order valence-electron chi connectivity index (χ0n) is 16.1. The molecule has 1 aromatic carbocycles. The van der Waals surface area contributed by atoms with Crippen molar-refractivity contribution in [1.82, 2.24) is 16.2 Å². The fourth-order valence-electron chi connectivity index (χ4n) is 3.02. The molecule has 1 aromatic rings. The van der Waals surface area contributed by atoms with Gasteiger partial charge in [0.2, 0.25) is 5.91 Å². The molecule has 2 rings (SSSR count). The predicted octanol–water partition coefficient (Wildman–Crippen LogP) is 2.93. The van der Waals surface area contributed by atoms with E-state index in [1.54, 1.807) is 0 Å². The molecule has 0 aliphatic carbocycles. The second kappa shape index (κ2) is 9.58. The highest BCUT2D eigenvalue weighted by atomic mass is 79.9. The van der Waals surface area contributed by atoms with Crippen molar-refractivity contribution >= 4 is 21.8 Å². The van der Waals surface area contributed by atoms with Gasteiger partial charge in [-0.3, -0.25) is 10.2 Å². The van der Waals surface area contributed by atoms with Gasteiger partial charge in [0.15, 0.2) is 11.5 Å². The minimum Gasteiger partial charge on any atom is -0.490 e. The molecule has 1 aliphatic rings. The standard InChI is InChI=1S/C19H30BrN3O3/c1-6-25-14-9-8-13(10-15(14)26-7-2)12(5)21-19(24)18-16(20)17(11(3)4)22-23-18/h8-12,16-18,22-23H,6-7H2,1-5H3,(H,21,24). The molecule has 7 heteroatoms. The number of hydrogen-bond acceptors (Lipinski definition) is 5. The van der Waals surface area contributed by atoms with Gasteiger partial charge in [-0.25, -0.2) is 5.43 Å². The number of halogens is 1. The van der Waals surface area contributed by atoms with Crippen molar-refractivity contribution in [3.05, 3.63) is 23.8 Å². The molecule has 3 N–H and O–H groups in total. The van der Waals surface area contributed by atoms with Gasteiger partial charge in [-0.15, -0.1) is 0 Å². The van der Waals surface area contributed by atoms with Crippen LogP contribution in [-0.4, -0.2) is 36.0 Å². The number of benzene rings is 1. The van der Waals surface area contributed by atoms with Crippen molar-refractivity contribution in [1.29, 1.82) is 0 Å². The maximum atomic E-state index is 12.7. The maximum Gasteiger partial charge on any atom is 0.240 e. The van der Waals surface area contributed by atoms with Crippen LogP contribution in [0.3, 0.4) is 0 Å². The molecule has 0 spiro atoms. The first kappa shape index (κ1) is 21.0. The highest BCUT2D eigenvalue weighted by molar-refractivity contribution is 9.09. The summed E-state index contributed by atoms with van der Waals surface area (Å²) in [7, 11) is 0. The third-order valence-electron chi connectivity index (χ3n) is 4.49. The third kappa shape index (κ3) is 4.90. The van der Waals surface area contributed by atoms with Crippen LogP contribution in [0.15, 0.2) is 18.2 Å². The Bertz CT molecular complexity index is 612. The second-order valence-electron chi connectivity index (χ2n) is 6.78. The third-order valence-corrected chi connectivity index (χ3v) is 5.59. The van der Waals surface area contributed by atoms with E-state index in [9.17, 15) is 4.79 Å². The van der Waals surface area contributed by atoms with E-state index in [0.29, 0.717) is 24.9 Å². The second-order valence-corrected chi connectivity index (χ2v) is 7.84. The summed E-state index contributed by atoms with van der Waals surface area (Å²) < 4.78 is 11.3. The summed E-state index contributed by atoms with van der Waals surface area (Å²) in [5.74, 6) is 1.80. The lowest BCUT2D eigenvalue weighted by atomic mass is 9.99. The first-order valence-electron chi connectivity index (χ1n) is 9.24. The molecule has 1 amide bonds. The molecule has 0 bridgehead atoms. The number of hydrogen-bond donors (Lipinski definition) is 3. The van der Waals surface area contributed by atoms with Crippen LogP contribution in [0.2, 0.25) is 0 Å². The Hall–Kier alpha value is -1.31. The Morgan fingerprint density at radius 3 is 2.38 bits per heavy atom. The van der Waals surface area contributed by atoms with Crippen molar-refractivity contribution < 1.29 is 14.3 Å². The number of alkyl halides is 1. The predicted molar refractivity (Wildman–Crippen MR) is 107 cm³/mol. The van der Waals surface area contributed by atoms with Gasteiger partial charge in [-0.05, 0) is 44.4 Å². The van der Waals surface area contributed by atoms with Crippen LogP contribution in [0.1, 0.15) is 46.2 Å². The first-order valence-corrected chi connectivity index (χ1v) is 10.2. The van der Waals surface area contributed by atoms with Crippen molar-refractivity contribution in [3.63, 3.8) is 0 Å². The summed E-state index contributed by atoms with van der Waals surface area (Å²) in [5, 5.41) is 3.08. The Labute approximate surface area is 164 Å². The van der Waals surface area contributed by atoms with Gasteiger partial charge < -0.3 is 14.8 Å². The molecule has 1 heterocycles. The molecule has 0 aromatic heterocycles. The molecule has 4 atom stereocenters. The molecule has 4 unspecified atom stereocenters. The highest BCUT2D eigenvalue weighted by Crippen LogP contribution is 2.31. The summed E-state index contributed by atoms with van der Waals surface area (Å²) in [4.78, 5) is 12.7. The van der Waals surface area contributed by atoms with Crippen molar-refractivity contribution in [2.24, 2.45) is 5.92 Å². The van der Waals surface area contributed by atoms with Gasteiger partial charge in [0.05, 0.1) is 24.1 Å². The van der Waals surface area contributed by atoms with Crippen molar-refractivity contribution in [2.75, 3.05) is 13.2 Å². The molecule has 1 aliphatic heterocycles. The van der Waals surface area contributed by atoms with E-state index in [0.717, 1.165) is 11.3 Å². The minimum absolute atomic E-state index is 0.0361. The average molecular weight is 428 g/mol. The summed E-state index contributed by atoms with van der Waals surface area (Å²) in [6.45, 7) is 11.2. The van der Waals surface area contributed by atoms with Gasteiger partial charge in [-0.2, -0.15) is 0 Å². The molecule has 1 saturated heterocycles. The summed E-state index contributed by atoms with van der Waals surface area (Å²) in [6.07, 6.45) is 0. The Kier molecular flexibility index (Phi) is 7.73. The van der Waals surface area contributed by atoms with Crippen LogP contribution in [-0.2, 0) is 4.79 Å². The lowest BCUT2D eigenvalue weighted by Crippen LogP contribution is -2.46. The normalized spacial score (nSPS) is 23.7. The van der Waals surface area contributed by atoms with Crippen LogP contribution in [0.25, 0.3) is 0 Å².